The van der Waals surface area contributed by atoms with Crippen molar-refractivity contribution in [3.63, 3.8) is 0 Å². The molecule has 20 heavy (non-hydrogen) atoms. The lowest BCUT2D eigenvalue weighted by Gasteiger charge is -2.00. The molecule has 0 fully saturated rings. The van der Waals surface area contributed by atoms with Gasteiger partial charge in [0.05, 0.1) is 0 Å². The topological polar surface area (TPSA) is 70.7 Å². The van der Waals surface area contributed by atoms with Crippen molar-refractivity contribution in [3.05, 3.63) is 52.3 Å². The fourth-order valence-electron chi connectivity index (χ4n) is 1.52. The molecule has 2 aromatic rings. The lowest BCUT2D eigenvalue weighted by atomic mass is 10.2. The zero-order valence-corrected chi connectivity index (χ0v) is 12.0. The number of aromatic amines is 1. The molecule has 1 aromatic heterocycles. The molecule has 0 aliphatic carbocycles. The van der Waals surface area contributed by atoms with Gasteiger partial charge in [0, 0.05) is 29.1 Å². The number of rotatable bonds is 5. The summed E-state index contributed by atoms with van der Waals surface area (Å²) >= 11 is 3.25. The van der Waals surface area contributed by atoms with Crippen LogP contribution in [0.5, 0.6) is 0 Å². The van der Waals surface area contributed by atoms with Gasteiger partial charge < -0.3 is 5.32 Å². The van der Waals surface area contributed by atoms with E-state index in [2.05, 4.69) is 36.4 Å². The average molecular weight is 339 g/mol. The van der Waals surface area contributed by atoms with Crippen LogP contribution in [0.25, 0.3) is 6.08 Å². The summed E-state index contributed by atoms with van der Waals surface area (Å²) in [4.78, 5) is 15.5. The van der Waals surface area contributed by atoms with Gasteiger partial charge in [-0.3, -0.25) is 9.89 Å². The zero-order chi connectivity index (χ0) is 14.4. The van der Waals surface area contributed by atoms with Crippen LogP contribution < -0.4 is 5.32 Å². The van der Waals surface area contributed by atoms with E-state index >= 15 is 0 Å². The molecule has 2 N–H and O–H groups in total. The van der Waals surface area contributed by atoms with E-state index in [0.29, 0.717) is 24.4 Å². The summed E-state index contributed by atoms with van der Waals surface area (Å²) in [5.74, 6) is 0.0371. The number of halogens is 2. The van der Waals surface area contributed by atoms with E-state index in [0.717, 1.165) is 4.47 Å². The molecule has 7 heteroatoms. The number of amides is 1. The quantitative estimate of drug-likeness (QED) is 0.820. The van der Waals surface area contributed by atoms with Crippen molar-refractivity contribution in [3.8, 4) is 0 Å². The molecule has 0 radical (unpaired) electrons. The molecule has 1 amide bonds. The molecule has 104 valence electrons. The molecule has 0 aliphatic rings. The fourth-order valence-corrected chi connectivity index (χ4v) is 1.90. The van der Waals surface area contributed by atoms with E-state index in [1.807, 2.05) is 0 Å². The lowest BCUT2D eigenvalue weighted by Crippen LogP contribution is -2.23. The molecular weight excluding hydrogens is 327 g/mol. The molecule has 0 saturated heterocycles. The first-order valence-corrected chi connectivity index (χ1v) is 6.69. The third kappa shape index (κ3) is 4.27. The Balaban J connectivity index is 1.84. The largest absolute Gasteiger partial charge is 0.352 e. The Hall–Kier alpha value is -2.02. The molecule has 5 nitrogen and oxygen atoms in total. The number of carbonyl (C=O) groups excluding carboxylic acids is 1. The van der Waals surface area contributed by atoms with Gasteiger partial charge in [0.25, 0.3) is 0 Å². The molecular formula is C13H12BrFN4O. The van der Waals surface area contributed by atoms with Gasteiger partial charge in [-0.25, -0.2) is 9.37 Å². The summed E-state index contributed by atoms with van der Waals surface area (Å²) in [5, 5.41) is 9.08. The van der Waals surface area contributed by atoms with Crippen LogP contribution in [0.2, 0.25) is 0 Å². The second-order valence-corrected chi connectivity index (χ2v) is 4.89. The highest BCUT2D eigenvalue weighted by Crippen LogP contribution is 2.16. The lowest BCUT2D eigenvalue weighted by molar-refractivity contribution is -0.116. The van der Waals surface area contributed by atoms with E-state index in [1.54, 1.807) is 12.1 Å². The van der Waals surface area contributed by atoms with Gasteiger partial charge in [0.15, 0.2) is 0 Å². The maximum absolute atomic E-state index is 13.4. The molecule has 0 aliphatic heterocycles. The van der Waals surface area contributed by atoms with Crippen molar-refractivity contribution < 1.29 is 9.18 Å². The highest BCUT2D eigenvalue weighted by molar-refractivity contribution is 9.10. The van der Waals surface area contributed by atoms with E-state index in [1.165, 1.54) is 24.5 Å². The predicted octanol–water partition coefficient (Wildman–Crippen LogP) is 2.08. The van der Waals surface area contributed by atoms with Crippen molar-refractivity contribution in [2.45, 2.75) is 6.42 Å². The molecule has 0 unspecified atom stereocenters. The third-order valence-electron chi connectivity index (χ3n) is 2.50. The number of nitrogens with zero attached hydrogens (tertiary/aromatic N) is 2. The number of nitrogens with one attached hydrogen (secondary N) is 2. The summed E-state index contributed by atoms with van der Waals surface area (Å²) in [7, 11) is 0. The maximum atomic E-state index is 13.4. The Morgan fingerprint density at radius 3 is 3.10 bits per heavy atom. The van der Waals surface area contributed by atoms with Crippen molar-refractivity contribution in [2.75, 3.05) is 6.54 Å². The van der Waals surface area contributed by atoms with Crippen LogP contribution in [-0.2, 0) is 11.2 Å². The maximum Gasteiger partial charge on any atom is 0.244 e. The van der Waals surface area contributed by atoms with Gasteiger partial charge in [-0.1, -0.05) is 15.9 Å². The monoisotopic (exact) mass is 338 g/mol. The van der Waals surface area contributed by atoms with Crippen molar-refractivity contribution in [1.82, 2.24) is 20.5 Å². The first kappa shape index (κ1) is 14.4. The van der Waals surface area contributed by atoms with Gasteiger partial charge in [0.1, 0.15) is 18.0 Å². The number of benzene rings is 1. The van der Waals surface area contributed by atoms with Gasteiger partial charge in [-0.2, -0.15) is 5.10 Å². The van der Waals surface area contributed by atoms with E-state index < -0.39 is 0 Å². The van der Waals surface area contributed by atoms with Crippen LogP contribution in [0.3, 0.4) is 0 Å². The molecule has 1 heterocycles. The number of aromatic nitrogens is 3. The van der Waals surface area contributed by atoms with Crippen molar-refractivity contribution in [1.29, 1.82) is 0 Å². The van der Waals surface area contributed by atoms with Crippen molar-refractivity contribution >= 4 is 27.9 Å². The smallest absolute Gasteiger partial charge is 0.244 e. The Morgan fingerprint density at radius 2 is 2.35 bits per heavy atom. The zero-order valence-electron chi connectivity index (χ0n) is 10.4. The van der Waals surface area contributed by atoms with E-state index in [-0.39, 0.29) is 11.7 Å². The van der Waals surface area contributed by atoms with Gasteiger partial charge in [-0.15, -0.1) is 0 Å². The Kier molecular flexibility index (Phi) is 5.00. The minimum atomic E-state index is -0.376. The standard InChI is InChI=1S/C13H12BrFN4O/c14-10-2-3-11(15)9(7-10)1-4-13(20)16-6-5-12-17-8-18-19-12/h1-4,7-8H,5-6H2,(H,16,20)(H,17,18,19). The summed E-state index contributed by atoms with van der Waals surface area (Å²) in [5.41, 5.74) is 0.352. The van der Waals surface area contributed by atoms with E-state index in [9.17, 15) is 9.18 Å². The summed E-state index contributed by atoms with van der Waals surface area (Å²) < 4.78 is 14.2. The van der Waals surface area contributed by atoms with Crippen LogP contribution in [-0.4, -0.2) is 27.6 Å². The normalized spacial score (nSPS) is 10.9. The van der Waals surface area contributed by atoms with Gasteiger partial charge in [0.2, 0.25) is 5.91 Å². The molecule has 0 spiro atoms. The number of hydrogen-bond acceptors (Lipinski definition) is 3. The van der Waals surface area contributed by atoms with Crippen LogP contribution in [0.4, 0.5) is 4.39 Å². The second kappa shape index (κ2) is 6.95. The first-order chi connectivity index (χ1) is 9.65. The SMILES string of the molecule is O=C(C=Cc1cc(Br)ccc1F)NCCc1ncn[nH]1. The van der Waals surface area contributed by atoms with E-state index in [4.69, 9.17) is 0 Å². The van der Waals surface area contributed by atoms with Crippen LogP contribution in [0, 0.1) is 5.82 Å². The Labute approximate surface area is 123 Å². The van der Waals surface area contributed by atoms with Gasteiger partial charge >= 0.3 is 0 Å². The van der Waals surface area contributed by atoms with Crippen LogP contribution in [0.15, 0.2) is 35.1 Å². The summed E-state index contributed by atoms with van der Waals surface area (Å²) in [6.07, 6.45) is 4.70. The Bertz CT molecular complexity index is 613. The third-order valence-corrected chi connectivity index (χ3v) is 2.99. The number of hydrogen-bond donors (Lipinski definition) is 2. The summed E-state index contributed by atoms with van der Waals surface area (Å²) in [6.45, 7) is 0.430. The number of carbonyl (C=O) groups is 1. The molecule has 2 rings (SSSR count). The average Bonchev–Trinajstić information content (AvgIpc) is 2.93. The van der Waals surface area contributed by atoms with Gasteiger partial charge in [-0.05, 0) is 24.3 Å². The minimum Gasteiger partial charge on any atom is -0.352 e. The highest BCUT2D eigenvalue weighted by atomic mass is 79.9. The predicted molar refractivity (Wildman–Crippen MR) is 76.2 cm³/mol. The minimum absolute atomic E-state index is 0.288. The Morgan fingerprint density at radius 1 is 1.50 bits per heavy atom. The molecule has 0 bridgehead atoms. The van der Waals surface area contributed by atoms with Crippen molar-refractivity contribution in [2.24, 2.45) is 0 Å². The second-order valence-electron chi connectivity index (χ2n) is 3.97. The molecule has 0 saturated carbocycles. The first-order valence-electron chi connectivity index (χ1n) is 5.90. The van der Waals surface area contributed by atoms with Crippen LogP contribution >= 0.6 is 15.9 Å². The highest BCUT2D eigenvalue weighted by Gasteiger charge is 2.01. The fraction of sp³-hybridized carbons (Fsp3) is 0.154. The molecule has 1 aromatic carbocycles. The van der Waals surface area contributed by atoms with Crippen LogP contribution in [0.1, 0.15) is 11.4 Å². The number of H-pyrrole nitrogens is 1. The molecule has 0 atom stereocenters. The summed E-state index contributed by atoms with van der Waals surface area (Å²) in [6, 6.07) is 4.54.